The number of carboxylic acid groups (broad SMARTS) is 1. The molecule has 9 nitrogen and oxygen atoms in total. The minimum Gasteiger partial charge on any atom is -0.487 e. The smallest absolute Gasteiger partial charge is 0.410 e. The second-order valence-electron chi connectivity index (χ2n) is 9.43. The Bertz CT molecular complexity index is 1060. The second kappa shape index (κ2) is 9.58. The minimum absolute atomic E-state index is 0.0709. The van der Waals surface area contributed by atoms with Gasteiger partial charge in [-0.25, -0.2) is 14.6 Å². The molecule has 182 valence electrons. The van der Waals surface area contributed by atoms with Crippen LogP contribution in [-0.2, 0) is 4.74 Å². The number of rotatable bonds is 5. The molecular formula is C24H29ClN4O5. The molecule has 10 heteroatoms. The first-order valence-corrected chi connectivity index (χ1v) is 11.6. The summed E-state index contributed by atoms with van der Waals surface area (Å²) in [5.74, 6) is 0.0847. The van der Waals surface area contributed by atoms with E-state index in [2.05, 4.69) is 9.88 Å². The first kappa shape index (κ1) is 23.9. The van der Waals surface area contributed by atoms with E-state index < -0.39 is 11.6 Å². The maximum Gasteiger partial charge on any atom is 0.410 e. The molecule has 0 radical (unpaired) electrons. The molecule has 1 aromatic heterocycles. The number of benzene rings is 1. The van der Waals surface area contributed by atoms with Crippen molar-refractivity contribution in [2.45, 2.75) is 32.5 Å². The Labute approximate surface area is 203 Å². The van der Waals surface area contributed by atoms with Crippen molar-refractivity contribution in [2.24, 2.45) is 0 Å². The van der Waals surface area contributed by atoms with Gasteiger partial charge in [-0.2, -0.15) is 0 Å². The average Bonchev–Trinajstić information content (AvgIpc) is 2.75. The molecule has 0 bridgehead atoms. The molecule has 1 aromatic carbocycles. The van der Waals surface area contributed by atoms with Crippen molar-refractivity contribution in [3.8, 4) is 5.75 Å². The first-order valence-electron chi connectivity index (χ1n) is 11.2. The Morgan fingerprint density at radius 3 is 2.44 bits per heavy atom. The van der Waals surface area contributed by atoms with Crippen LogP contribution < -0.4 is 14.5 Å². The zero-order valence-corrected chi connectivity index (χ0v) is 20.3. The fourth-order valence-corrected chi connectivity index (χ4v) is 4.10. The number of amides is 1. The van der Waals surface area contributed by atoms with Gasteiger partial charge in [0.2, 0.25) is 0 Å². The van der Waals surface area contributed by atoms with Crippen LogP contribution in [0.5, 0.6) is 5.75 Å². The van der Waals surface area contributed by atoms with Crippen molar-refractivity contribution in [3.63, 3.8) is 0 Å². The molecule has 1 N–H and O–H groups in total. The summed E-state index contributed by atoms with van der Waals surface area (Å²) < 4.78 is 11.6. The van der Waals surface area contributed by atoms with Crippen LogP contribution in [0.3, 0.4) is 0 Å². The van der Waals surface area contributed by atoms with E-state index in [9.17, 15) is 14.7 Å². The molecule has 1 amide bonds. The molecule has 2 saturated heterocycles. The van der Waals surface area contributed by atoms with E-state index in [1.165, 1.54) is 12.3 Å². The highest BCUT2D eigenvalue weighted by atomic mass is 35.5. The molecule has 3 heterocycles. The SMILES string of the molecule is CC(C)(C)OC(=O)N1CCN(c2cccc(OC3CN(c4ncc(Cl)cc4C(=O)O)C3)c2)CC1. The quantitative estimate of drug-likeness (QED) is 0.679. The third-order valence-corrected chi connectivity index (χ3v) is 5.83. The third-order valence-electron chi connectivity index (χ3n) is 5.63. The Morgan fingerprint density at radius 2 is 1.79 bits per heavy atom. The zero-order valence-electron chi connectivity index (χ0n) is 19.5. The second-order valence-corrected chi connectivity index (χ2v) is 9.86. The van der Waals surface area contributed by atoms with Crippen LogP contribution >= 0.6 is 11.6 Å². The fourth-order valence-electron chi connectivity index (χ4n) is 3.95. The van der Waals surface area contributed by atoms with Crippen LogP contribution in [0.1, 0.15) is 31.1 Å². The van der Waals surface area contributed by atoms with Gasteiger partial charge in [0.1, 0.15) is 28.8 Å². The number of anilines is 2. The highest BCUT2D eigenvalue weighted by molar-refractivity contribution is 6.30. The highest BCUT2D eigenvalue weighted by Gasteiger charge is 2.32. The van der Waals surface area contributed by atoms with Crippen LogP contribution in [0.2, 0.25) is 5.02 Å². The van der Waals surface area contributed by atoms with E-state index in [1.54, 1.807) is 4.90 Å². The topological polar surface area (TPSA) is 95.4 Å². The summed E-state index contributed by atoms with van der Waals surface area (Å²) in [4.78, 5) is 33.8. The van der Waals surface area contributed by atoms with Gasteiger partial charge in [0, 0.05) is 44.1 Å². The maximum atomic E-state index is 12.3. The number of carboxylic acids is 1. The van der Waals surface area contributed by atoms with E-state index >= 15 is 0 Å². The van der Waals surface area contributed by atoms with Crippen LogP contribution in [-0.4, -0.2) is 78.0 Å². The lowest BCUT2D eigenvalue weighted by atomic mass is 10.1. The van der Waals surface area contributed by atoms with Crippen molar-refractivity contribution in [1.82, 2.24) is 9.88 Å². The highest BCUT2D eigenvalue weighted by Crippen LogP contribution is 2.29. The van der Waals surface area contributed by atoms with Gasteiger partial charge in [0.15, 0.2) is 0 Å². The van der Waals surface area contributed by atoms with E-state index in [0.717, 1.165) is 11.4 Å². The Hall–Kier alpha value is -3.20. The normalized spacial score (nSPS) is 16.8. The number of hydrogen-bond acceptors (Lipinski definition) is 7. The number of halogens is 1. The van der Waals surface area contributed by atoms with E-state index in [0.29, 0.717) is 50.1 Å². The van der Waals surface area contributed by atoms with Gasteiger partial charge in [0.05, 0.1) is 18.1 Å². The first-order chi connectivity index (χ1) is 16.1. The summed E-state index contributed by atoms with van der Waals surface area (Å²) in [6, 6.07) is 9.29. The van der Waals surface area contributed by atoms with Crippen molar-refractivity contribution in [2.75, 3.05) is 49.1 Å². The number of carbonyl (C=O) groups is 2. The number of piperazine rings is 1. The van der Waals surface area contributed by atoms with Gasteiger partial charge >= 0.3 is 12.1 Å². The third kappa shape index (κ3) is 5.64. The lowest BCUT2D eigenvalue weighted by Gasteiger charge is -2.40. The molecular weight excluding hydrogens is 460 g/mol. The number of nitrogens with zero attached hydrogens (tertiary/aromatic N) is 4. The lowest BCUT2D eigenvalue weighted by Crippen LogP contribution is -2.54. The number of pyridine rings is 1. The minimum atomic E-state index is -1.06. The molecule has 2 aliphatic heterocycles. The molecule has 34 heavy (non-hydrogen) atoms. The molecule has 0 spiro atoms. The molecule has 2 aromatic rings. The van der Waals surface area contributed by atoms with E-state index in [1.807, 2.05) is 49.9 Å². The van der Waals surface area contributed by atoms with E-state index in [-0.39, 0.29) is 17.8 Å². The molecule has 2 aliphatic rings. The van der Waals surface area contributed by atoms with Crippen LogP contribution in [0.15, 0.2) is 36.5 Å². The molecule has 0 unspecified atom stereocenters. The molecule has 0 aliphatic carbocycles. The number of ether oxygens (including phenoxy) is 2. The average molecular weight is 489 g/mol. The predicted molar refractivity (Wildman–Crippen MR) is 129 cm³/mol. The van der Waals surface area contributed by atoms with Crippen molar-refractivity contribution < 1.29 is 24.2 Å². The standard InChI is InChI=1S/C24H29ClN4O5/c1-24(2,3)34-23(32)28-9-7-27(8-10-28)17-5-4-6-18(12-17)33-19-14-29(15-19)21-20(22(30)31)11-16(25)13-26-21/h4-6,11-13,19H,7-10,14-15H2,1-3H3,(H,30,31). The van der Waals surface area contributed by atoms with Crippen molar-refractivity contribution >= 4 is 35.2 Å². The van der Waals surface area contributed by atoms with Gasteiger partial charge in [-0.05, 0) is 39.0 Å². The van der Waals surface area contributed by atoms with Gasteiger partial charge in [-0.15, -0.1) is 0 Å². The summed E-state index contributed by atoms with van der Waals surface area (Å²) in [5, 5.41) is 9.71. The summed E-state index contributed by atoms with van der Waals surface area (Å²) in [6.45, 7) is 9.28. The largest absolute Gasteiger partial charge is 0.487 e. The van der Waals surface area contributed by atoms with Gasteiger partial charge in [-0.3, -0.25) is 0 Å². The van der Waals surface area contributed by atoms with Crippen molar-refractivity contribution in [1.29, 1.82) is 0 Å². The summed E-state index contributed by atoms with van der Waals surface area (Å²) >= 11 is 5.89. The predicted octanol–water partition coefficient (Wildman–Crippen LogP) is 3.76. The zero-order chi connectivity index (χ0) is 24.5. The lowest BCUT2D eigenvalue weighted by molar-refractivity contribution is 0.0240. The fraction of sp³-hybridized carbons (Fsp3) is 0.458. The monoisotopic (exact) mass is 488 g/mol. The summed E-state index contributed by atoms with van der Waals surface area (Å²) in [5.41, 5.74) is 0.610. The Balaban J connectivity index is 1.31. The Kier molecular flexibility index (Phi) is 6.74. The van der Waals surface area contributed by atoms with Gasteiger partial charge in [0.25, 0.3) is 0 Å². The summed E-state index contributed by atoms with van der Waals surface area (Å²) in [7, 11) is 0. The molecule has 0 saturated carbocycles. The number of carbonyl (C=O) groups excluding carboxylic acids is 1. The summed E-state index contributed by atoms with van der Waals surface area (Å²) in [6.07, 6.45) is 1.10. The Morgan fingerprint density at radius 1 is 1.09 bits per heavy atom. The van der Waals surface area contributed by atoms with Crippen LogP contribution in [0.4, 0.5) is 16.3 Å². The number of aromatic nitrogens is 1. The molecule has 4 rings (SSSR count). The molecule has 0 atom stereocenters. The maximum absolute atomic E-state index is 12.3. The molecule has 2 fully saturated rings. The van der Waals surface area contributed by atoms with Crippen molar-refractivity contribution in [3.05, 3.63) is 47.1 Å². The van der Waals surface area contributed by atoms with E-state index in [4.69, 9.17) is 21.1 Å². The van der Waals surface area contributed by atoms with Gasteiger partial charge < -0.3 is 29.3 Å². The number of hydrogen-bond donors (Lipinski definition) is 1. The van der Waals surface area contributed by atoms with Gasteiger partial charge in [-0.1, -0.05) is 17.7 Å². The van der Waals surface area contributed by atoms with Crippen LogP contribution in [0, 0.1) is 0 Å². The number of aromatic carboxylic acids is 1. The van der Waals surface area contributed by atoms with Crippen LogP contribution in [0.25, 0.3) is 0 Å².